The zero-order chi connectivity index (χ0) is 17.9. The van der Waals surface area contributed by atoms with Gasteiger partial charge in [0.15, 0.2) is 11.2 Å². The van der Waals surface area contributed by atoms with Gasteiger partial charge in [-0.3, -0.25) is 0 Å². The first kappa shape index (κ1) is 16.7. The number of hydrogen-bond donors (Lipinski definition) is 0. The Kier molecular flexibility index (Phi) is 4.62. The third kappa shape index (κ3) is 3.57. The van der Waals surface area contributed by atoms with Crippen LogP contribution in [0.3, 0.4) is 0 Å². The molecule has 0 aliphatic heterocycles. The van der Waals surface area contributed by atoms with Crippen LogP contribution in [0.25, 0.3) is 11.2 Å². The van der Waals surface area contributed by atoms with Crippen molar-refractivity contribution in [2.75, 3.05) is 0 Å². The molecule has 2 aromatic carbocycles. The number of benzene rings is 2. The van der Waals surface area contributed by atoms with Crippen LogP contribution < -0.4 is 0 Å². The van der Waals surface area contributed by atoms with Gasteiger partial charge in [0.25, 0.3) is 0 Å². The summed E-state index contributed by atoms with van der Waals surface area (Å²) in [6, 6.07) is 14.8. The van der Waals surface area contributed by atoms with E-state index in [-0.39, 0.29) is 5.82 Å². The van der Waals surface area contributed by atoms with Gasteiger partial charge in [0.2, 0.25) is 0 Å². The summed E-state index contributed by atoms with van der Waals surface area (Å²) in [5, 5.41) is 9.28. The van der Waals surface area contributed by atoms with Crippen LogP contribution in [0.1, 0.15) is 16.7 Å². The van der Waals surface area contributed by atoms with Crippen LogP contribution in [0.4, 0.5) is 4.39 Å². The Balaban J connectivity index is 1.56. The molecule has 0 spiro atoms. The maximum atomic E-state index is 13.0. The molecule has 0 aliphatic carbocycles. The van der Waals surface area contributed by atoms with E-state index in [1.807, 2.05) is 0 Å². The number of halogens is 1. The van der Waals surface area contributed by atoms with E-state index in [2.05, 4.69) is 51.5 Å². The van der Waals surface area contributed by atoms with E-state index in [1.165, 1.54) is 24.0 Å². The van der Waals surface area contributed by atoms with Crippen molar-refractivity contribution in [3.8, 4) is 0 Å². The molecule has 0 saturated carbocycles. The molecule has 0 radical (unpaired) electrons. The van der Waals surface area contributed by atoms with Crippen molar-refractivity contribution in [2.24, 2.45) is 0 Å². The maximum absolute atomic E-state index is 13.0. The maximum Gasteiger partial charge on any atom is 0.183 e. The molecule has 0 aliphatic rings. The Labute approximate surface area is 154 Å². The summed E-state index contributed by atoms with van der Waals surface area (Å²) < 4.78 is 14.8. The SMILES string of the molecule is Cc1ccc(Cn2nnc3c(SCc4ccc(F)cc4)ncnc32)cc1. The van der Waals surface area contributed by atoms with E-state index in [9.17, 15) is 4.39 Å². The molecule has 2 heterocycles. The van der Waals surface area contributed by atoms with Crippen LogP contribution in [-0.4, -0.2) is 25.0 Å². The summed E-state index contributed by atoms with van der Waals surface area (Å²) in [7, 11) is 0. The van der Waals surface area contributed by atoms with E-state index >= 15 is 0 Å². The van der Waals surface area contributed by atoms with Crippen LogP contribution in [0, 0.1) is 12.7 Å². The molecule has 0 amide bonds. The topological polar surface area (TPSA) is 56.5 Å². The number of rotatable bonds is 5. The van der Waals surface area contributed by atoms with E-state index in [1.54, 1.807) is 28.6 Å². The molecule has 0 N–H and O–H groups in total. The van der Waals surface area contributed by atoms with E-state index < -0.39 is 0 Å². The van der Waals surface area contributed by atoms with Gasteiger partial charge in [-0.25, -0.2) is 19.0 Å². The predicted molar refractivity (Wildman–Crippen MR) is 99.4 cm³/mol. The number of thioether (sulfide) groups is 1. The minimum atomic E-state index is -0.234. The van der Waals surface area contributed by atoms with Gasteiger partial charge in [0.05, 0.1) is 6.54 Å². The summed E-state index contributed by atoms with van der Waals surface area (Å²) in [5.41, 5.74) is 4.78. The molecule has 5 nitrogen and oxygen atoms in total. The normalized spacial score (nSPS) is 11.2. The first-order chi connectivity index (χ1) is 12.7. The number of aromatic nitrogens is 5. The molecule has 0 atom stereocenters. The average molecular weight is 365 g/mol. The van der Waals surface area contributed by atoms with Crippen LogP contribution in [-0.2, 0) is 12.3 Å². The first-order valence-electron chi connectivity index (χ1n) is 8.16. The third-order valence-electron chi connectivity index (χ3n) is 4.01. The quantitative estimate of drug-likeness (QED) is 0.395. The van der Waals surface area contributed by atoms with Crippen molar-refractivity contribution < 1.29 is 4.39 Å². The van der Waals surface area contributed by atoms with Crippen molar-refractivity contribution in [3.63, 3.8) is 0 Å². The van der Waals surface area contributed by atoms with Crippen molar-refractivity contribution >= 4 is 22.9 Å². The Morgan fingerprint density at radius 2 is 1.69 bits per heavy atom. The Morgan fingerprint density at radius 3 is 2.46 bits per heavy atom. The minimum Gasteiger partial charge on any atom is -0.227 e. The highest BCUT2D eigenvalue weighted by atomic mass is 32.2. The lowest BCUT2D eigenvalue weighted by Crippen LogP contribution is -2.03. The highest BCUT2D eigenvalue weighted by molar-refractivity contribution is 7.98. The lowest BCUT2D eigenvalue weighted by molar-refractivity contribution is 0.627. The number of hydrogen-bond acceptors (Lipinski definition) is 5. The lowest BCUT2D eigenvalue weighted by Gasteiger charge is -2.04. The van der Waals surface area contributed by atoms with Crippen LogP contribution in [0.2, 0.25) is 0 Å². The Hall–Kier alpha value is -2.80. The molecule has 4 aromatic rings. The fourth-order valence-electron chi connectivity index (χ4n) is 2.58. The Morgan fingerprint density at radius 1 is 0.962 bits per heavy atom. The summed E-state index contributed by atoms with van der Waals surface area (Å²) in [5.74, 6) is 0.444. The van der Waals surface area contributed by atoms with E-state index in [4.69, 9.17) is 0 Å². The zero-order valence-electron chi connectivity index (χ0n) is 14.1. The Bertz CT molecular complexity index is 1030. The van der Waals surface area contributed by atoms with Crippen molar-refractivity contribution in [2.45, 2.75) is 24.2 Å². The molecule has 7 heteroatoms. The largest absolute Gasteiger partial charge is 0.227 e. The standard InChI is InChI=1S/C19H16FN5S/c1-13-2-4-14(5-3-13)10-25-18-17(23-24-25)19(22-12-21-18)26-11-15-6-8-16(20)9-7-15/h2-9,12H,10-11H2,1H3. The highest BCUT2D eigenvalue weighted by Crippen LogP contribution is 2.26. The van der Waals surface area contributed by atoms with Gasteiger partial charge in [-0.15, -0.1) is 5.10 Å². The molecule has 0 saturated heterocycles. The van der Waals surface area contributed by atoms with Gasteiger partial charge >= 0.3 is 0 Å². The summed E-state index contributed by atoms with van der Waals surface area (Å²) in [6.45, 7) is 2.67. The minimum absolute atomic E-state index is 0.234. The number of aryl methyl sites for hydroxylation is 1. The van der Waals surface area contributed by atoms with Crippen molar-refractivity contribution in [1.82, 2.24) is 25.0 Å². The number of fused-ring (bicyclic) bond motifs is 1. The molecule has 4 rings (SSSR count). The van der Waals surface area contributed by atoms with Crippen LogP contribution >= 0.6 is 11.8 Å². The molecule has 2 aromatic heterocycles. The van der Waals surface area contributed by atoms with Gasteiger partial charge < -0.3 is 0 Å². The lowest BCUT2D eigenvalue weighted by atomic mass is 10.1. The molecular formula is C19H16FN5S. The van der Waals surface area contributed by atoms with Crippen LogP contribution in [0.5, 0.6) is 0 Å². The molecular weight excluding hydrogens is 349 g/mol. The van der Waals surface area contributed by atoms with Gasteiger partial charge in [-0.1, -0.05) is 58.9 Å². The van der Waals surface area contributed by atoms with Gasteiger partial charge in [-0.2, -0.15) is 0 Å². The third-order valence-corrected chi connectivity index (χ3v) is 5.06. The first-order valence-corrected chi connectivity index (χ1v) is 9.14. The molecule has 130 valence electrons. The molecule has 0 unspecified atom stereocenters. The van der Waals surface area contributed by atoms with Crippen molar-refractivity contribution in [1.29, 1.82) is 0 Å². The van der Waals surface area contributed by atoms with Crippen LogP contribution in [0.15, 0.2) is 59.9 Å². The predicted octanol–water partition coefficient (Wildman–Crippen LogP) is 4.01. The fourth-order valence-corrected chi connectivity index (χ4v) is 3.47. The molecule has 0 fully saturated rings. The second-order valence-electron chi connectivity index (χ2n) is 6.00. The fraction of sp³-hybridized carbons (Fsp3) is 0.158. The number of nitrogens with zero attached hydrogens (tertiary/aromatic N) is 5. The monoisotopic (exact) mass is 365 g/mol. The summed E-state index contributed by atoms with van der Waals surface area (Å²) in [6.07, 6.45) is 1.53. The molecule has 0 bridgehead atoms. The van der Waals surface area contributed by atoms with E-state index in [0.717, 1.165) is 16.2 Å². The second-order valence-corrected chi connectivity index (χ2v) is 6.96. The van der Waals surface area contributed by atoms with Crippen molar-refractivity contribution in [3.05, 3.63) is 77.4 Å². The average Bonchev–Trinajstić information content (AvgIpc) is 3.07. The second kappa shape index (κ2) is 7.21. The summed E-state index contributed by atoms with van der Waals surface area (Å²) in [4.78, 5) is 8.68. The van der Waals surface area contributed by atoms with Gasteiger partial charge in [-0.05, 0) is 30.2 Å². The zero-order valence-corrected chi connectivity index (χ0v) is 14.9. The highest BCUT2D eigenvalue weighted by Gasteiger charge is 2.12. The van der Waals surface area contributed by atoms with Gasteiger partial charge in [0.1, 0.15) is 17.2 Å². The smallest absolute Gasteiger partial charge is 0.183 e. The summed E-state index contributed by atoms with van der Waals surface area (Å²) >= 11 is 1.54. The molecule has 26 heavy (non-hydrogen) atoms. The van der Waals surface area contributed by atoms with E-state index in [0.29, 0.717) is 23.5 Å². The van der Waals surface area contributed by atoms with Gasteiger partial charge in [0, 0.05) is 5.75 Å².